The van der Waals surface area contributed by atoms with Gasteiger partial charge in [-0.3, -0.25) is 9.59 Å². The molecule has 116 valence electrons. The Labute approximate surface area is 122 Å². The summed E-state index contributed by atoms with van der Waals surface area (Å²) in [6.45, 7) is 7.90. The number of hydrogen-bond acceptors (Lipinski definition) is 3. The fourth-order valence-electron chi connectivity index (χ4n) is 2.87. The number of rotatable bonds is 6. The normalized spacial score (nSPS) is 23.2. The van der Waals surface area contributed by atoms with E-state index in [-0.39, 0.29) is 17.2 Å². The maximum absolute atomic E-state index is 12.6. The molecule has 1 unspecified atom stereocenters. The molecule has 0 bridgehead atoms. The van der Waals surface area contributed by atoms with Gasteiger partial charge in [-0.15, -0.1) is 0 Å². The van der Waals surface area contributed by atoms with E-state index in [2.05, 4.69) is 22.9 Å². The number of nitrogens with one attached hydrogen (secondary N) is 3. The molecule has 1 heterocycles. The Morgan fingerprint density at radius 3 is 2.55 bits per heavy atom. The monoisotopic (exact) mass is 283 g/mol. The van der Waals surface area contributed by atoms with E-state index in [4.69, 9.17) is 0 Å². The lowest BCUT2D eigenvalue weighted by Gasteiger charge is -2.37. The summed E-state index contributed by atoms with van der Waals surface area (Å²) in [5, 5.41) is 8.97. The van der Waals surface area contributed by atoms with Crippen molar-refractivity contribution in [2.75, 3.05) is 26.7 Å². The van der Waals surface area contributed by atoms with Gasteiger partial charge in [-0.25, -0.2) is 0 Å². The van der Waals surface area contributed by atoms with Crippen molar-refractivity contribution in [1.82, 2.24) is 16.0 Å². The summed E-state index contributed by atoms with van der Waals surface area (Å²) in [6.07, 6.45) is 3.85. The minimum Gasteiger partial charge on any atom is -0.359 e. The van der Waals surface area contributed by atoms with E-state index in [9.17, 15) is 9.59 Å². The van der Waals surface area contributed by atoms with Crippen molar-refractivity contribution in [3.8, 4) is 0 Å². The quantitative estimate of drug-likeness (QED) is 0.682. The fraction of sp³-hybridized carbons (Fsp3) is 0.867. The van der Waals surface area contributed by atoms with Gasteiger partial charge in [0.1, 0.15) is 0 Å². The molecule has 2 amide bonds. The SMILES string of the molecule is CCCC1(C(=O)NCC(C)(C)C(=O)NC)CCCNC1. The lowest BCUT2D eigenvalue weighted by molar-refractivity contribution is -0.134. The minimum atomic E-state index is -0.583. The van der Waals surface area contributed by atoms with Crippen molar-refractivity contribution in [2.45, 2.75) is 46.5 Å². The van der Waals surface area contributed by atoms with Crippen LogP contribution >= 0.6 is 0 Å². The van der Waals surface area contributed by atoms with E-state index in [0.29, 0.717) is 6.54 Å². The Balaban J connectivity index is 2.65. The lowest BCUT2D eigenvalue weighted by Crippen LogP contribution is -2.53. The molecular weight excluding hydrogens is 254 g/mol. The van der Waals surface area contributed by atoms with Gasteiger partial charge in [-0.05, 0) is 39.7 Å². The zero-order chi connectivity index (χ0) is 15.2. The summed E-state index contributed by atoms with van der Waals surface area (Å²) >= 11 is 0. The van der Waals surface area contributed by atoms with Crippen LogP contribution in [-0.2, 0) is 9.59 Å². The van der Waals surface area contributed by atoms with Gasteiger partial charge in [0.05, 0.1) is 10.8 Å². The highest BCUT2D eigenvalue weighted by atomic mass is 16.2. The first-order valence-electron chi connectivity index (χ1n) is 7.59. The molecule has 0 aromatic heterocycles. The molecule has 1 atom stereocenters. The molecule has 0 saturated carbocycles. The van der Waals surface area contributed by atoms with Gasteiger partial charge in [0.2, 0.25) is 11.8 Å². The first kappa shape index (κ1) is 17.0. The van der Waals surface area contributed by atoms with E-state index in [1.807, 2.05) is 13.8 Å². The third kappa shape index (κ3) is 3.95. The van der Waals surface area contributed by atoms with Gasteiger partial charge >= 0.3 is 0 Å². The lowest BCUT2D eigenvalue weighted by atomic mass is 9.76. The summed E-state index contributed by atoms with van der Waals surface area (Å²) in [5.74, 6) is 0.0349. The third-order valence-electron chi connectivity index (χ3n) is 4.22. The predicted octanol–water partition coefficient (Wildman–Crippen LogP) is 1.04. The zero-order valence-corrected chi connectivity index (χ0v) is 13.3. The van der Waals surface area contributed by atoms with E-state index in [1.165, 1.54) is 0 Å². The van der Waals surface area contributed by atoms with Crippen LogP contribution < -0.4 is 16.0 Å². The summed E-state index contributed by atoms with van der Waals surface area (Å²) in [7, 11) is 1.62. The zero-order valence-electron chi connectivity index (χ0n) is 13.3. The smallest absolute Gasteiger partial charge is 0.227 e. The van der Waals surface area contributed by atoms with Crippen LogP contribution in [0.4, 0.5) is 0 Å². The Bertz CT molecular complexity index is 342. The molecule has 1 aliphatic heterocycles. The average Bonchev–Trinajstić information content (AvgIpc) is 2.45. The van der Waals surface area contributed by atoms with E-state index in [1.54, 1.807) is 7.05 Å². The van der Waals surface area contributed by atoms with Crippen LogP contribution in [0.1, 0.15) is 46.5 Å². The molecule has 0 aliphatic carbocycles. The van der Waals surface area contributed by atoms with Crippen LogP contribution in [0.3, 0.4) is 0 Å². The minimum absolute atomic E-state index is 0.0517. The summed E-state index contributed by atoms with van der Waals surface area (Å²) < 4.78 is 0. The first-order valence-corrected chi connectivity index (χ1v) is 7.59. The van der Waals surface area contributed by atoms with Crippen LogP contribution in [0.2, 0.25) is 0 Å². The molecule has 0 aromatic carbocycles. The molecule has 0 radical (unpaired) electrons. The van der Waals surface area contributed by atoms with Crippen LogP contribution in [-0.4, -0.2) is 38.5 Å². The summed E-state index contributed by atoms with van der Waals surface area (Å²) in [6, 6.07) is 0. The predicted molar refractivity (Wildman–Crippen MR) is 80.3 cm³/mol. The van der Waals surface area contributed by atoms with Crippen molar-refractivity contribution in [2.24, 2.45) is 10.8 Å². The van der Waals surface area contributed by atoms with Gasteiger partial charge in [-0.2, -0.15) is 0 Å². The highest BCUT2D eigenvalue weighted by Gasteiger charge is 2.39. The highest BCUT2D eigenvalue weighted by molar-refractivity contribution is 5.85. The van der Waals surface area contributed by atoms with E-state index < -0.39 is 5.41 Å². The Kier molecular flexibility index (Phi) is 5.99. The standard InChI is InChI=1S/C15H29N3O2/c1-5-7-15(8-6-9-17-11-15)13(20)18-10-14(2,3)12(19)16-4/h17H,5-11H2,1-4H3,(H,16,19)(H,18,20). The first-order chi connectivity index (χ1) is 9.38. The molecule has 5 nitrogen and oxygen atoms in total. The second-order valence-corrected chi connectivity index (χ2v) is 6.46. The molecule has 1 aliphatic rings. The van der Waals surface area contributed by atoms with Crippen LogP contribution in [0, 0.1) is 10.8 Å². The summed E-state index contributed by atoms with van der Waals surface area (Å²) in [4.78, 5) is 24.3. The molecule has 5 heteroatoms. The third-order valence-corrected chi connectivity index (χ3v) is 4.22. The van der Waals surface area contributed by atoms with Gasteiger partial charge in [-0.1, -0.05) is 13.3 Å². The van der Waals surface area contributed by atoms with Crippen molar-refractivity contribution < 1.29 is 9.59 Å². The molecule has 1 fully saturated rings. The van der Waals surface area contributed by atoms with Crippen molar-refractivity contribution in [1.29, 1.82) is 0 Å². The largest absolute Gasteiger partial charge is 0.359 e. The van der Waals surface area contributed by atoms with Crippen LogP contribution in [0.15, 0.2) is 0 Å². The molecule has 3 N–H and O–H groups in total. The Morgan fingerprint density at radius 2 is 2.05 bits per heavy atom. The molecule has 1 rings (SSSR count). The number of carbonyl (C=O) groups is 2. The highest BCUT2D eigenvalue weighted by Crippen LogP contribution is 2.32. The van der Waals surface area contributed by atoms with Gasteiger partial charge < -0.3 is 16.0 Å². The van der Waals surface area contributed by atoms with Crippen LogP contribution in [0.5, 0.6) is 0 Å². The van der Waals surface area contributed by atoms with E-state index >= 15 is 0 Å². The fourth-order valence-corrected chi connectivity index (χ4v) is 2.87. The second kappa shape index (κ2) is 7.07. The molecular formula is C15H29N3O2. The maximum atomic E-state index is 12.6. The Morgan fingerprint density at radius 1 is 1.35 bits per heavy atom. The number of piperidine rings is 1. The van der Waals surface area contributed by atoms with Gasteiger partial charge in [0, 0.05) is 20.1 Å². The van der Waals surface area contributed by atoms with Crippen LogP contribution in [0.25, 0.3) is 0 Å². The van der Waals surface area contributed by atoms with Crippen molar-refractivity contribution in [3.63, 3.8) is 0 Å². The molecule has 1 saturated heterocycles. The van der Waals surface area contributed by atoms with Crippen molar-refractivity contribution >= 4 is 11.8 Å². The maximum Gasteiger partial charge on any atom is 0.227 e. The topological polar surface area (TPSA) is 70.2 Å². The molecule has 0 spiro atoms. The van der Waals surface area contributed by atoms with Crippen molar-refractivity contribution in [3.05, 3.63) is 0 Å². The molecule has 20 heavy (non-hydrogen) atoms. The average molecular weight is 283 g/mol. The number of carbonyl (C=O) groups excluding carboxylic acids is 2. The molecule has 0 aromatic rings. The van der Waals surface area contributed by atoms with Gasteiger partial charge in [0.15, 0.2) is 0 Å². The Hall–Kier alpha value is -1.10. The number of hydrogen-bond donors (Lipinski definition) is 3. The van der Waals surface area contributed by atoms with Gasteiger partial charge in [0.25, 0.3) is 0 Å². The van der Waals surface area contributed by atoms with E-state index in [0.717, 1.165) is 38.8 Å². The summed E-state index contributed by atoms with van der Waals surface area (Å²) in [5.41, 5.74) is -0.883. The number of amides is 2. The second-order valence-electron chi connectivity index (χ2n) is 6.46.